The lowest BCUT2D eigenvalue weighted by atomic mass is 10.1. The van der Waals surface area contributed by atoms with Gasteiger partial charge in [-0.05, 0) is 13.0 Å². The van der Waals surface area contributed by atoms with Crippen molar-refractivity contribution in [3.63, 3.8) is 0 Å². The highest BCUT2D eigenvalue weighted by Crippen LogP contribution is 2.37. The fourth-order valence-corrected chi connectivity index (χ4v) is 1.02. The number of nitrogens with zero attached hydrogens (tertiary/aromatic N) is 2. The largest absolute Gasteiger partial charge is 0.424 e. The van der Waals surface area contributed by atoms with Crippen LogP contribution in [0.25, 0.3) is 4.98 Å². The molecule has 68 valence electrons. The smallest absolute Gasteiger partial charge is 0.166 e. The van der Waals surface area contributed by atoms with Crippen molar-refractivity contribution in [1.82, 2.24) is 0 Å². The summed E-state index contributed by atoms with van der Waals surface area (Å²) in [5.74, 6) is 0. The Hall–Kier alpha value is -1.57. The summed E-state index contributed by atoms with van der Waals surface area (Å²) >= 11 is 0. The fraction of sp³-hybridized carbons (Fsp3) is 0.250. The molecule has 0 N–H and O–H groups in total. The van der Waals surface area contributed by atoms with Crippen LogP contribution in [0.4, 0.5) is 18.9 Å². The number of hydrogen-bond acceptors (Lipinski definition) is 1. The molecule has 1 rings (SSSR count). The lowest BCUT2D eigenvalue weighted by molar-refractivity contribution is -0.136. The number of hydrogen-bond donors (Lipinski definition) is 0. The van der Waals surface area contributed by atoms with Gasteiger partial charge in [-0.2, -0.15) is 13.2 Å². The van der Waals surface area contributed by atoms with E-state index in [1.54, 1.807) is 0 Å². The van der Waals surface area contributed by atoms with Gasteiger partial charge in [-0.3, -0.25) is 0 Å². The molecular formula is C8H6F3N2+. The van der Waals surface area contributed by atoms with Crippen molar-refractivity contribution in [3.8, 4) is 0 Å². The Balaban J connectivity index is 3.40. The highest BCUT2D eigenvalue weighted by atomic mass is 19.4. The highest BCUT2D eigenvalue weighted by molar-refractivity contribution is 5.58. The molecule has 0 heterocycles. The van der Waals surface area contributed by atoms with Crippen LogP contribution in [0.5, 0.6) is 0 Å². The molecule has 2 nitrogen and oxygen atoms in total. The van der Waals surface area contributed by atoms with Crippen LogP contribution in [0.1, 0.15) is 11.1 Å². The predicted octanol–water partition coefficient (Wildman–Crippen LogP) is 3.50. The molecule has 1 aromatic carbocycles. The third-order valence-electron chi connectivity index (χ3n) is 1.64. The molecule has 0 atom stereocenters. The van der Waals surface area contributed by atoms with E-state index in [1.807, 2.05) is 0 Å². The van der Waals surface area contributed by atoms with E-state index in [0.717, 1.165) is 6.07 Å². The Morgan fingerprint density at radius 2 is 1.92 bits per heavy atom. The van der Waals surface area contributed by atoms with Gasteiger partial charge in [0.05, 0.1) is 0 Å². The molecule has 0 bridgehead atoms. The van der Waals surface area contributed by atoms with Gasteiger partial charge in [-0.25, -0.2) is 0 Å². The van der Waals surface area contributed by atoms with Crippen LogP contribution in [-0.4, -0.2) is 0 Å². The summed E-state index contributed by atoms with van der Waals surface area (Å²) in [5.41, 5.74) is -1.05. The minimum atomic E-state index is -4.48. The summed E-state index contributed by atoms with van der Waals surface area (Å²) in [5, 5.41) is 8.39. The molecule has 0 radical (unpaired) electrons. The van der Waals surface area contributed by atoms with Crippen molar-refractivity contribution >= 4 is 5.69 Å². The van der Waals surface area contributed by atoms with E-state index < -0.39 is 17.4 Å². The lowest BCUT2D eigenvalue weighted by Crippen LogP contribution is -2.05. The van der Waals surface area contributed by atoms with E-state index in [1.165, 1.54) is 19.1 Å². The minimum absolute atomic E-state index is 0.289. The Kier molecular flexibility index (Phi) is 2.24. The first kappa shape index (κ1) is 9.52. The second kappa shape index (κ2) is 3.05. The van der Waals surface area contributed by atoms with Crippen molar-refractivity contribution in [2.24, 2.45) is 0 Å². The number of halogens is 3. The van der Waals surface area contributed by atoms with E-state index in [-0.39, 0.29) is 5.56 Å². The lowest BCUT2D eigenvalue weighted by Gasteiger charge is -2.03. The summed E-state index contributed by atoms with van der Waals surface area (Å²) in [6.45, 7) is 1.45. The maximum absolute atomic E-state index is 12.2. The fourth-order valence-electron chi connectivity index (χ4n) is 1.02. The van der Waals surface area contributed by atoms with E-state index in [4.69, 9.17) is 5.39 Å². The molecule has 0 aliphatic heterocycles. The summed E-state index contributed by atoms with van der Waals surface area (Å²) < 4.78 is 36.7. The number of rotatable bonds is 0. The van der Waals surface area contributed by atoms with Gasteiger partial charge in [-0.1, -0.05) is 12.1 Å². The maximum Gasteiger partial charge on any atom is 0.424 e. The molecule has 0 saturated carbocycles. The number of alkyl halides is 3. The summed E-state index contributed by atoms with van der Waals surface area (Å²) in [4.78, 5) is 2.62. The Labute approximate surface area is 72.6 Å². The minimum Gasteiger partial charge on any atom is -0.166 e. The zero-order chi connectivity index (χ0) is 10.1. The Morgan fingerprint density at radius 3 is 2.31 bits per heavy atom. The normalized spacial score (nSPS) is 11.0. The topological polar surface area (TPSA) is 28.1 Å². The monoisotopic (exact) mass is 187 g/mol. The molecule has 0 aliphatic carbocycles. The van der Waals surface area contributed by atoms with Gasteiger partial charge in [0.2, 0.25) is 5.39 Å². The average Bonchev–Trinajstić information content (AvgIpc) is 2.02. The van der Waals surface area contributed by atoms with Gasteiger partial charge < -0.3 is 0 Å². The summed E-state index contributed by atoms with van der Waals surface area (Å²) in [6.07, 6.45) is -4.48. The zero-order valence-corrected chi connectivity index (χ0v) is 6.76. The van der Waals surface area contributed by atoms with Crippen LogP contribution in [0.3, 0.4) is 0 Å². The molecule has 5 heteroatoms. The third-order valence-corrected chi connectivity index (χ3v) is 1.64. The number of diazo groups is 1. The van der Waals surface area contributed by atoms with Crippen molar-refractivity contribution in [2.45, 2.75) is 13.1 Å². The second-order valence-corrected chi connectivity index (χ2v) is 2.57. The van der Waals surface area contributed by atoms with Crippen LogP contribution in [0.15, 0.2) is 18.2 Å². The molecule has 0 saturated heterocycles. The first-order chi connectivity index (χ1) is 5.96. The maximum atomic E-state index is 12.2. The summed E-state index contributed by atoms with van der Waals surface area (Å²) in [6, 6.07) is 3.60. The van der Waals surface area contributed by atoms with Crippen LogP contribution < -0.4 is 0 Å². The van der Waals surface area contributed by atoms with Crippen molar-refractivity contribution in [3.05, 3.63) is 34.3 Å². The molecule has 0 aliphatic rings. The average molecular weight is 187 g/mol. The number of benzene rings is 1. The molecule has 0 amide bonds. The highest BCUT2D eigenvalue weighted by Gasteiger charge is 2.39. The molecule has 0 fully saturated rings. The molecule has 0 aromatic heterocycles. The number of aryl methyl sites for hydroxylation is 1. The van der Waals surface area contributed by atoms with Gasteiger partial charge in [-0.15, -0.1) is 0 Å². The predicted molar refractivity (Wildman–Crippen MR) is 40.9 cm³/mol. The third kappa shape index (κ3) is 1.78. The van der Waals surface area contributed by atoms with Gasteiger partial charge >= 0.3 is 11.9 Å². The van der Waals surface area contributed by atoms with Crippen molar-refractivity contribution in [1.29, 1.82) is 5.39 Å². The standard InChI is InChI=1S/C8H6F3N2/c1-5-3-2-4-6(7(5)13-12)8(9,10)11/h2-4H,1H3/q+1. The van der Waals surface area contributed by atoms with Gasteiger partial charge in [0, 0.05) is 5.56 Å². The zero-order valence-electron chi connectivity index (χ0n) is 6.76. The Bertz CT molecular complexity index is 363. The SMILES string of the molecule is Cc1cccc(C(F)(F)F)c1[N+]#N. The van der Waals surface area contributed by atoms with Gasteiger partial charge in [0.25, 0.3) is 0 Å². The van der Waals surface area contributed by atoms with Crippen LogP contribution in [0.2, 0.25) is 0 Å². The van der Waals surface area contributed by atoms with Crippen LogP contribution in [-0.2, 0) is 6.18 Å². The molecule has 1 aromatic rings. The van der Waals surface area contributed by atoms with E-state index in [9.17, 15) is 13.2 Å². The second-order valence-electron chi connectivity index (χ2n) is 2.57. The van der Waals surface area contributed by atoms with Crippen molar-refractivity contribution in [2.75, 3.05) is 0 Å². The molecule has 0 unspecified atom stereocenters. The van der Waals surface area contributed by atoms with E-state index in [0.29, 0.717) is 0 Å². The van der Waals surface area contributed by atoms with E-state index >= 15 is 0 Å². The van der Waals surface area contributed by atoms with Gasteiger partial charge in [0.1, 0.15) is 0 Å². The Morgan fingerprint density at radius 1 is 1.31 bits per heavy atom. The molecule has 13 heavy (non-hydrogen) atoms. The first-order valence-electron chi connectivity index (χ1n) is 3.48. The quantitative estimate of drug-likeness (QED) is 0.571. The van der Waals surface area contributed by atoms with Crippen molar-refractivity contribution < 1.29 is 13.2 Å². The molecule has 0 spiro atoms. The van der Waals surface area contributed by atoms with E-state index in [2.05, 4.69) is 4.98 Å². The summed E-state index contributed by atoms with van der Waals surface area (Å²) in [7, 11) is 0. The van der Waals surface area contributed by atoms with Crippen LogP contribution >= 0.6 is 0 Å². The van der Waals surface area contributed by atoms with Crippen LogP contribution in [0, 0.1) is 12.3 Å². The molecular weight excluding hydrogens is 181 g/mol. The first-order valence-corrected chi connectivity index (χ1v) is 3.48. The van der Waals surface area contributed by atoms with Gasteiger partial charge in [0.15, 0.2) is 10.5 Å².